The van der Waals surface area contributed by atoms with E-state index in [2.05, 4.69) is 35.6 Å². The first-order valence-electron chi connectivity index (χ1n) is 8.62. The fraction of sp³-hybridized carbons (Fsp3) is 0.381. The molecule has 2 heterocycles. The Bertz CT molecular complexity index is 727. The van der Waals surface area contributed by atoms with Crippen molar-refractivity contribution in [2.45, 2.75) is 39.0 Å². The van der Waals surface area contributed by atoms with Gasteiger partial charge in [-0.2, -0.15) is 0 Å². The van der Waals surface area contributed by atoms with Crippen molar-refractivity contribution in [3.63, 3.8) is 0 Å². The number of allylic oxidation sites excluding steroid dienone is 4. The molecule has 1 aromatic heterocycles. The Kier molecular flexibility index (Phi) is 4.89. The number of aryl methyl sites for hydroxylation is 1. The average Bonchev–Trinajstić information content (AvgIpc) is 3.13. The van der Waals surface area contributed by atoms with Gasteiger partial charge in [0, 0.05) is 35.5 Å². The molecule has 1 unspecified atom stereocenters. The van der Waals surface area contributed by atoms with Crippen LogP contribution in [0.15, 0.2) is 64.8 Å². The Balaban J connectivity index is 1.66. The number of hydrogen-bond acceptors (Lipinski definition) is 3. The Morgan fingerprint density at radius 1 is 1.38 bits per heavy atom. The molecule has 0 saturated heterocycles. The molecule has 1 aliphatic carbocycles. The molecule has 124 valence electrons. The van der Waals surface area contributed by atoms with Crippen LogP contribution in [-0.2, 0) is 11.2 Å². The SMILES string of the molecule is C=C(CCCc1ccccn1)C1=CC(C)(C2=CC=NC2)CCC1=O. The predicted molar refractivity (Wildman–Crippen MR) is 98.2 cm³/mol. The van der Waals surface area contributed by atoms with Crippen LogP contribution in [0.5, 0.6) is 0 Å². The van der Waals surface area contributed by atoms with E-state index in [1.165, 1.54) is 5.57 Å². The fourth-order valence-corrected chi connectivity index (χ4v) is 3.41. The Morgan fingerprint density at radius 2 is 2.25 bits per heavy atom. The van der Waals surface area contributed by atoms with E-state index in [1.807, 2.05) is 30.6 Å². The van der Waals surface area contributed by atoms with Gasteiger partial charge >= 0.3 is 0 Å². The Labute approximate surface area is 143 Å². The fourth-order valence-electron chi connectivity index (χ4n) is 3.41. The van der Waals surface area contributed by atoms with E-state index in [4.69, 9.17) is 0 Å². The molecule has 0 fully saturated rings. The Morgan fingerprint density at radius 3 is 2.96 bits per heavy atom. The van der Waals surface area contributed by atoms with Gasteiger partial charge in [-0.1, -0.05) is 25.6 Å². The van der Waals surface area contributed by atoms with E-state index < -0.39 is 0 Å². The molecular formula is C21H24N2O. The van der Waals surface area contributed by atoms with Gasteiger partial charge in [-0.3, -0.25) is 14.8 Å². The van der Waals surface area contributed by atoms with Gasteiger partial charge in [-0.25, -0.2) is 0 Å². The summed E-state index contributed by atoms with van der Waals surface area (Å²) in [5.41, 5.74) is 4.11. The summed E-state index contributed by atoms with van der Waals surface area (Å²) in [4.78, 5) is 21.0. The molecule has 3 nitrogen and oxygen atoms in total. The van der Waals surface area contributed by atoms with Crippen LogP contribution in [0, 0.1) is 5.41 Å². The second-order valence-electron chi connectivity index (χ2n) is 6.86. The summed E-state index contributed by atoms with van der Waals surface area (Å²) in [5, 5.41) is 0. The van der Waals surface area contributed by atoms with E-state index in [9.17, 15) is 4.79 Å². The molecular weight excluding hydrogens is 296 g/mol. The van der Waals surface area contributed by atoms with Crippen LogP contribution in [-0.4, -0.2) is 23.5 Å². The molecule has 0 N–H and O–H groups in total. The van der Waals surface area contributed by atoms with Crippen LogP contribution in [0.1, 0.15) is 38.3 Å². The number of carbonyl (C=O) groups is 1. The van der Waals surface area contributed by atoms with Crippen molar-refractivity contribution in [2.75, 3.05) is 6.54 Å². The molecule has 0 bridgehead atoms. The van der Waals surface area contributed by atoms with Crippen molar-refractivity contribution in [3.8, 4) is 0 Å². The minimum atomic E-state index is -0.0658. The summed E-state index contributed by atoms with van der Waals surface area (Å²) >= 11 is 0. The summed E-state index contributed by atoms with van der Waals surface area (Å²) in [5.74, 6) is 0.231. The highest BCUT2D eigenvalue weighted by atomic mass is 16.1. The lowest BCUT2D eigenvalue weighted by Gasteiger charge is -2.32. The maximum Gasteiger partial charge on any atom is 0.162 e. The van der Waals surface area contributed by atoms with Gasteiger partial charge in [0.1, 0.15) is 0 Å². The van der Waals surface area contributed by atoms with Gasteiger partial charge in [0.05, 0.1) is 6.54 Å². The van der Waals surface area contributed by atoms with Gasteiger partial charge in [-0.05, 0) is 55.0 Å². The highest BCUT2D eigenvalue weighted by molar-refractivity contribution is 6.00. The lowest BCUT2D eigenvalue weighted by Crippen LogP contribution is -2.26. The molecule has 2 aliphatic rings. The first-order chi connectivity index (χ1) is 11.6. The summed E-state index contributed by atoms with van der Waals surface area (Å²) in [6.45, 7) is 7.15. The number of Topliss-reactive ketones (excluding diaryl/α,β-unsaturated/α-hetero) is 1. The van der Waals surface area contributed by atoms with Gasteiger partial charge in [0.25, 0.3) is 0 Å². The van der Waals surface area contributed by atoms with E-state index in [1.54, 1.807) is 0 Å². The molecule has 24 heavy (non-hydrogen) atoms. The van der Waals surface area contributed by atoms with Gasteiger partial charge in [0.15, 0.2) is 5.78 Å². The normalized spacial score (nSPS) is 23.1. The molecule has 0 amide bonds. The summed E-state index contributed by atoms with van der Waals surface area (Å²) in [6, 6.07) is 5.97. The number of ketones is 1. The van der Waals surface area contributed by atoms with Crippen molar-refractivity contribution in [1.82, 2.24) is 4.98 Å². The lowest BCUT2D eigenvalue weighted by molar-refractivity contribution is -0.116. The first-order valence-corrected chi connectivity index (χ1v) is 8.62. The minimum absolute atomic E-state index is 0.0658. The molecule has 1 aliphatic heterocycles. The monoisotopic (exact) mass is 320 g/mol. The molecule has 1 atom stereocenters. The molecule has 0 spiro atoms. The number of pyridine rings is 1. The maximum atomic E-state index is 12.4. The molecule has 1 aromatic rings. The standard InChI is InChI=1S/C21H24N2O/c1-16(6-5-8-18-7-3-4-12-23-18)19-14-21(2,11-9-20(19)24)17-10-13-22-15-17/h3-4,7,10,12-14H,1,5-6,8-9,11,15H2,2H3. The number of carbonyl (C=O) groups excluding carboxylic acids is 1. The zero-order valence-electron chi connectivity index (χ0n) is 14.3. The zero-order valence-corrected chi connectivity index (χ0v) is 14.3. The topological polar surface area (TPSA) is 42.3 Å². The zero-order chi connectivity index (χ0) is 17.0. The quantitative estimate of drug-likeness (QED) is 0.785. The van der Waals surface area contributed by atoms with Crippen molar-refractivity contribution in [3.05, 3.63) is 65.5 Å². The van der Waals surface area contributed by atoms with Gasteiger partial charge < -0.3 is 0 Å². The largest absolute Gasteiger partial charge is 0.294 e. The highest BCUT2D eigenvalue weighted by Gasteiger charge is 2.34. The number of aliphatic imine (C=N–C) groups is 1. The second-order valence-corrected chi connectivity index (χ2v) is 6.86. The van der Waals surface area contributed by atoms with Crippen LogP contribution in [0.4, 0.5) is 0 Å². The molecule has 3 rings (SSSR count). The van der Waals surface area contributed by atoms with Crippen LogP contribution in [0.25, 0.3) is 0 Å². The van der Waals surface area contributed by atoms with Crippen molar-refractivity contribution < 1.29 is 4.79 Å². The third kappa shape index (κ3) is 3.61. The van der Waals surface area contributed by atoms with Crippen molar-refractivity contribution in [2.24, 2.45) is 10.4 Å². The lowest BCUT2D eigenvalue weighted by atomic mass is 9.71. The van der Waals surface area contributed by atoms with Crippen LogP contribution in [0.3, 0.4) is 0 Å². The number of rotatable bonds is 6. The maximum absolute atomic E-state index is 12.4. The average molecular weight is 320 g/mol. The smallest absolute Gasteiger partial charge is 0.162 e. The van der Waals surface area contributed by atoms with E-state index in [0.29, 0.717) is 6.42 Å². The van der Waals surface area contributed by atoms with Crippen molar-refractivity contribution >= 4 is 12.0 Å². The van der Waals surface area contributed by atoms with Gasteiger partial charge in [-0.15, -0.1) is 0 Å². The van der Waals surface area contributed by atoms with Crippen LogP contribution >= 0.6 is 0 Å². The van der Waals surface area contributed by atoms with E-state index in [0.717, 1.165) is 49.1 Å². The van der Waals surface area contributed by atoms with Crippen LogP contribution in [0.2, 0.25) is 0 Å². The number of nitrogens with zero attached hydrogens (tertiary/aromatic N) is 2. The van der Waals surface area contributed by atoms with Gasteiger partial charge in [0.2, 0.25) is 0 Å². The molecule has 0 aromatic carbocycles. The highest BCUT2D eigenvalue weighted by Crippen LogP contribution is 2.41. The third-order valence-electron chi connectivity index (χ3n) is 5.03. The van der Waals surface area contributed by atoms with E-state index in [-0.39, 0.29) is 11.2 Å². The van der Waals surface area contributed by atoms with Crippen molar-refractivity contribution in [1.29, 1.82) is 0 Å². The number of hydrogen-bond donors (Lipinski definition) is 0. The predicted octanol–water partition coefficient (Wildman–Crippen LogP) is 4.27. The third-order valence-corrected chi connectivity index (χ3v) is 5.03. The molecule has 0 radical (unpaired) electrons. The number of aromatic nitrogens is 1. The summed E-state index contributed by atoms with van der Waals surface area (Å²) in [6.07, 6.45) is 12.1. The molecule has 3 heteroatoms. The first kappa shape index (κ1) is 16.6. The van der Waals surface area contributed by atoms with E-state index >= 15 is 0 Å². The van der Waals surface area contributed by atoms with Crippen LogP contribution < -0.4 is 0 Å². The second kappa shape index (κ2) is 7.08. The Hall–Kier alpha value is -2.29. The minimum Gasteiger partial charge on any atom is -0.294 e. The summed E-state index contributed by atoms with van der Waals surface area (Å²) < 4.78 is 0. The summed E-state index contributed by atoms with van der Waals surface area (Å²) in [7, 11) is 0. The molecule has 0 saturated carbocycles.